The summed E-state index contributed by atoms with van der Waals surface area (Å²) in [5.41, 5.74) is 1.67. The molecule has 0 saturated heterocycles. The maximum atomic E-state index is 9.63. The van der Waals surface area contributed by atoms with Crippen LogP contribution >= 0.6 is 11.6 Å². The van der Waals surface area contributed by atoms with Gasteiger partial charge in [-0.2, -0.15) is 0 Å². The van der Waals surface area contributed by atoms with E-state index in [4.69, 9.17) is 16.3 Å². The average Bonchev–Trinajstić information content (AvgIpc) is 2.80. The molecule has 0 saturated carbocycles. The summed E-state index contributed by atoms with van der Waals surface area (Å²) in [5, 5.41) is 10.3. The SMILES string of the molecule is Oc1ccccc1OCc1cnc2ccc(Cl)cn12. The molecular weight excluding hydrogens is 264 g/mol. The topological polar surface area (TPSA) is 46.8 Å². The number of hydrogen-bond donors (Lipinski definition) is 1. The first-order valence-corrected chi connectivity index (χ1v) is 6.14. The van der Waals surface area contributed by atoms with Crippen LogP contribution in [0.25, 0.3) is 5.65 Å². The Hall–Kier alpha value is -2.20. The number of aromatic nitrogens is 2. The van der Waals surface area contributed by atoms with Gasteiger partial charge in [0.15, 0.2) is 11.5 Å². The largest absolute Gasteiger partial charge is 0.504 e. The van der Waals surface area contributed by atoms with Crippen LogP contribution in [0.5, 0.6) is 11.5 Å². The fourth-order valence-electron chi connectivity index (χ4n) is 1.84. The van der Waals surface area contributed by atoms with Gasteiger partial charge in [-0.15, -0.1) is 0 Å². The highest BCUT2D eigenvalue weighted by atomic mass is 35.5. The third-order valence-corrected chi connectivity index (χ3v) is 3.01. The lowest BCUT2D eigenvalue weighted by atomic mass is 10.3. The first kappa shape index (κ1) is 11.9. The number of rotatable bonds is 3. The molecule has 0 spiro atoms. The Labute approximate surface area is 114 Å². The second-order valence-electron chi connectivity index (χ2n) is 4.08. The smallest absolute Gasteiger partial charge is 0.161 e. The maximum absolute atomic E-state index is 9.63. The van der Waals surface area contributed by atoms with Gasteiger partial charge in [0.25, 0.3) is 0 Å². The highest BCUT2D eigenvalue weighted by Crippen LogP contribution is 2.25. The number of para-hydroxylation sites is 2. The summed E-state index contributed by atoms with van der Waals surface area (Å²) in [4.78, 5) is 4.26. The first-order chi connectivity index (χ1) is 9.24. The van der Waals surface area contributed by atoms with E-state index in [0.717, 1.165) is 11.3 Å². The van der Waals surface area contributed by atoms with Crippen LogP contribution in [-0.2, 0) is 6.61 Å². The quantitative estimate of drug-likeness (QED) is 0.797. The number of benzene rings is 1. The average molecular weight is 275 g/mol. The van der Waals surface area contributed by atoms with Gasteiger partial charge in [0.05, 0.1) is 16.9 Å². The van der Waals surface area contributed by atoms with Gasteiger partial charge in [0, 0.05) is 6.20 Å². The summed E-state index contributed by atoms with van der Waals surface area (Å²) in [6.07, 6.45) is 3.51. The normalized spacial score (nSPS) is 10.8. The maximum Gasteiger partial charge on any atom is 0.161 e. The standard InChI is InChI=1S/C14H11ClN2O2/c15-10-5-6-14-16-7-11(17(14)8-10)9-19-13-4-2-1-3-12(13)18/h1-8,18H,9H2. The monoisotopic (exact) mass is 274 g/mol. The summed E-state index contributed by atoms with van der Waals surface area (Å²) in [6, 6.07) is 10.5. The predicted molar refractivity (Wildman–Crippen MR) is 72.6 cm³/mol. The van der Waals surface area contributed by atoms with Crippen LogP contribution in [0.1, 0.15) is 5.69 Å². The van der Waals surface area contributed by atoms with Crippen molar-refractivity contribution in [1.82, 2.24) is 9.38 Å². The molecule has 0 aliphatic carbocycles. The van der Waals surface area contributed by atoms with E-state index in [1.165, 1.54) is 0 Å². The molecule has 4 nitrogen and oxygen atoms in total. The minimum Gasteiger partial charge on any atom is -0.504 e. The van der Waals surface area contributed by atoms with Gasteiger partial charge in [0.2, 0.25) is 0 Å². The zero-order valence-electron chi connectivity index (χ0n) is 9.95. The number of aromatic hydroxyl groups is 1. The van der Waals surface area contributed by atoms with Crippen molar-refractivity contribution in [1.29, 1.82) is 0 Å². The van der Waals surface area contributed by atoms with E-state index in [9.17, 15) is 5.11 Å². The first-order valence-electron chi connectivity index (χ1n) is 5.76. The molecule has 0 fully saturated rings. The number of imidazole rings is 1. The van der Waals surface area contributed by atoms with Crippen LogP contribution in [0.4, 0.5) is 0 Å². The van der Waals surface area contributed by atoms with Crippen molar-refractivity contribution in [3.63, 3.8) is 0 Å². The molecule has 0 unspecified atom stereocenters. The van der Waals surface area contributed by atoms with Gasteiger partial charge < -0.3 is 9.84 Å². The molecule has 2 heterocycles. The van der Waals surface area contributed by atoms with Crippen LogP contribution in [0.2, 0.25) is 5.02 Å². The number of phenols is 1. The molecule has 3 rings (SSSR count). The summed E-state index contributed by atoms with van der Waals surface area (Å²) < 4.78 is 7.44. The molecule has 2 aromatic heterocycles. The molecule has 0 aliphatic rings. The molecule has 0 amide bonds. The van der Waals surface area contributed by atoms with Crippen LogP contribution in [0.3, 0.4) is 0 Å². The number of fused-ring (bicyclic) bond motifs is 1. The van der Waals surface area contributed by atoms with Gasteiger partial charge in [-0.3, -0.25) is 4.40 Å². The van der Waals surface area contributed by atoms with E-state index in [-0.39, 0.29) is 5.75 Å². The molecule has 0 bridgehead atoms. The van der Waals surface area contributed by atoms with Crippen molar-refractivity contribution < 1.29 is 9.84 Å². The minimum atomic E-state index is 0.120. The number of phenolic OH excluding ortho intramolecular Hbond substituents is 1. The summed E-state index contributed by atoms with van der Waals surface area (Å²) >= 11 is 5.96. The molecule has 19 heavy (non-hydrogen) atoms. The Kier molecular flexibility index (Phi) is 3.01. The third-order valence-electron chi connectivity index (χ3n) is 2.79. The van der Waals surface area contributed by atoms with Crippen molar-refractivity contribution in [3.05, 3.63) is 59.5 Å². The number of pyridine rings is 1. The fourth-order valence-corrected chi connectivity index (χ4v) is 2.00. The second kappa shape index (κ2) is 4.82. The predicted octanol–water partition coefficient (Wildman–Crippen LogP) is 3.27. The molecule has 0 aliphatic heterocycles. The highest BCUT2D eigenvalue weighted by Gasteiger charge is 2.06. The summed E-state index contributed by atoms with van der Waals surface area (Å²) in [7, 11) is 0. The summed E-state index contributed by atoms with van der Waals surface area (Å²) in [6.45, 7) is 0.305. The Balaban J connectivity index is 1.86. The number of hydrogen-bond acceptors (Lipinski definition) is 3. The van der Waals surface area contributed by atoms with Crippen molar-refractivity contribution in [2.24, 2.45) is 0 Å². The lowest BCUT2D eigenvalue weighted by molar-refractivity contribution is 0.284. The third kappa shape index (κ3) is 2.35. The zero-order valence-corrected chi connectivity index (χ0v) is 10.7. The van der Waals surface area contributed by atoms with Gasteiger partial charge >= 0.3 is 0 Å². The molecule has 96 valence electrons. The van der Waals surface area contributed by atoms with Crippen LogP contribution in [0.15, 0.2) is 48.8 Å². The van der Waals surface area contributed by atoms with Crippen LogP contribution < -0.4 is 4.74 Å². The Morgan fingerprint density at radius 2 is 2.05 bits per heavy atom. The Bertz CT molecular complexity index is 724. The molecule has 0 radical (unpaired) electrons. The molecule has 1 N–H and O–H groups in total. The number of halogens is 1. The number of ether oxygens (including phenoxy) is 1. The Morgan fingerprint density at radius 3 is 2.89 bits per heavy atom. The minimum absolute atomic E-state index is 0.120. The lowest BCUT2D eigenvalue weighted by Gasteiger charge is -2.07. The fraction of sp³-hybridized carbons (Fsp3) is 0.0714. The molecule has 3 aromatic rings. The Morgan fingerprint density at radius 1 is 1.21 bits per heavy atom. The molecule has 0 atom stereocenters. The summed E-state index contributed by atoms with van der Waals surface area (Å²) in [5.74, 6) is 0.564. The molecular formula is C14H11ClN2O2. The van der Waals surface area contributed by atoms with E-state index in [1.807, 2.05) is 10.5 Å². The van der Waals surface area contributed by atoms with E-state index < -0.39 is 0 Å². The van der Waals surface area contributed by atoms with Gasteiger partial charge in [-0.05, 0) is 24.3 Å². The van der Waals surface area contributed by atoms with E-state index in [0.29, 0.717) is 17.4 Å². The highest BCUT2D eigenvalue weighted by molar-refractivity contribution is 6.30. The number of nitrogens with zero attached hydrogens (tertiary/aromatic N) is 2. The van der Waals surface area contributed by atoms with Crippen molar-refractivity contribution in [2.45, 2.75) is 6.61 Å². The zero-order chi connectivity index (χ0) is 13.2. The van der Waals surface area contributed by atoms with Crippen molar-refractivity contribution in [3.8, 4) is 11.5 Å². The van der Waals surface area contributed by atoms with Crippen LogP contribution in [0, 0.1) is 0 Å². The van der Waals surface area contributed by atoms with E-state index in [2.05, 4.69) is 4.98 Å². The molecule has 5 heteroatoms. The lowest BCUT2D eigenvalue weighted by Crippen LogP contribution is -1.99. The van der Waals surface area contributed by atoms with E-state index >= 15 is 0 Å². The van der Waals surface area contributed by atoms with Gasteiger partial charge in [0.1, 0.15) is 12.3 Å². The van der Waals surface area contributed by atoms with Crippen molar-refractivity contribution >= 4 is 17.2 Å². The second-order valence-corrected chi connectivity index (χ2v) is 4.52. The van der Waals surface area contributed by atoms with Gasteiger partial charge in [-0.1, -0.05) is 23.7 Å². The van der Waals surface area contributed by atoms with Gasteiger partial charge in [-0.25, -0.2) is 4.98 Å². The van der Waals surface area contributed by atoms with Crippen molar-refractivity contribution in [2.75, 3.05) is 0 Å². The van der Waals surface area contributed by atoms with E-state index in [1.54, 1.807) is 42.7 Å². The molecule has 1 aromatic carbocycles. The van der Waals surface area contributed by atoms with Crippen LogP contribution in [-0.4, -0.2) is 14.5 Å².